The number of rotatable bonds is 6. The second kappa shape index (κ2) is 13.0. The largest absolute Gasteiger partial charge is 0.456 e. The monoisotopic (exact) mass is 719 g/mol. The number of fused-ring (bicyclic) bond motifs is 6. The van der Waals surface area contributed by atoms with E-state index < -0.39 is 0 Å². The Kier molecular flexibility index (Phi) is 7.35. The van der Waals surface area contributed by atoms with Gasteiger partial charge in [-0.3, -0.25) is 0 Å². The molecule has 7 aromatic carbocycles. The molecule has 0 saturated heterocycles. The number of nitrogens with zero attached hydrogens (tertiary/aromatic N) is 5. The van der Waals surface area contributed by atoms with Crippen molar-refractivity contribution in [2.75, 3.05) is 0 Å². The summed E-state index contributed by atoms with van der Waals surface area (Å²) in [6, 6.07) is 58.8. The fraction of sp³-hybridized carbons (Fsp3) is 0. The predicted octanol–water partition coefficient (Wildman–Crippen LogP) is 12.5. The zero-order chi connectivity index (χ0) is 37.0. The molecule has 0 spiro atoms. The Morgan fingerprint density at radius 2 is 0.839 bits per heavy atom. The van der Waals surface area contributed by atoms with E-state index in [2.05, 4.69) is 42.5 Å². The van der Waals surface area contributed by atoms with E-state index in [0.717, 1.165) is 83.1 Å². The Morgan fingerprint density at radius 3 is 1.54 bits per heavy atom. The van der Waals surface area contributed by atoms with Crippen LogP contribution in [0.5, 0.6) is 0 Å². The highest BCUT2D eigenvalue weighted by molar-refractivity contribution is 6.08. The molecule has 0 unspecified atom stereocenters. The summed E-state index contributed by atoms with van der Waals surface area (Å²) in [5.41, 5.74) is 10.8. The first-order valence-corrected chi connectivity index (χ1v) is 18.4. The lowest BCUT2D eigenvalue weighted by Gasteiger charge is -2.14. The Balaban J connectivity index is 1.18. The van der Waals surface area contributed by atoms with E-state index in [-0.39, 0.29) is 0 Å². The van der Waals surface area contributed by atoms with E-state index in [1.165, 1.54) is 0 Å². The molecule has 262 valence electrons. The van der Waals surface area contributed by atoms with Crippen molar-refractivity contribution in [2.45, 2.75) is 0 Å². The number of benzene rings is 7. The minimum atomic E-state index is 0.525. The molecule has 56 heavy (non-hydrogen) atoms. The summed E-state index contributed by atoms with van der Waals surface area (Å²) >= 11 is 0. The standard InChI is InChI=1S/C49H29N5O2/c1-4-14-30(15-5-1)43-45-44(38-21-11-13-23-41(38)56-45)51-48(50-43)34-25-26-35(33-24-27-37-36-20-10-12-22-40(36)55-42(37)29-33)39(28-34)49-53-46(31-16-6-2-7-17-31)52-47(54-49)32-18-8-3-9-19-32/h1-29H. The van der Waals surface area contributed by atoms with Crippen molar-refractivity contribution in [3.05, 3.63) is 176 Å². The van der Waals surface area contributed by atoms with E-state index in [0.29, 0.717) is 28.9 Å². The number of aromatic nitrogens is 5. The van der Waals surface area contributed by atoms with Crippen molar-refractivity contribution in [1.82, 2.24) is 24.9 Å². The van der Waals surface area contributed by atoms with Crippen molar-refractivity contribution in [3.8, 4) is 67.9 Å². The molecule has 7 nitrogen and oxygen atoms in total. The van der Waals surface area contributed by atoms with Crippen LogP contribution in [0.15, 0.2) is 185 Å². The summed E-state index contributed by atoms with van der Waals surface area (Å²) in [6.07, 6.45) is 0. The summed E-state index contributed by atoms with van der Waals surface area (Å²) in [7, 11) is 0. The first kappa shape index (κ1) is 31.7. The molecule has 0 aliphatic rings. The highest BCUT2D eigenvalue weighted by Crippen LogP contribution is 2.40. The number of para-hydroxylation sites is 2. The van der Waals surface area contributed by atoms with Crippen LogP contribution in [-0.2, 0) is 0 Å². The van der Waals surface area contributed by atoms with Crippen LogP contribution in [0.4, 0.5) is 0 Å². The third kappa shape index (κ3) is 5.41. The van der Waals surface area contributed by atoms with E-state index in [4.69, 9.17) is 33.8 Å². The van der Waals surface area contributed by atoms with Crippen molar-refractivity contribution in [2.24, 2.45) is 0 Å². The van der Waals surface area contributed by atoms with Gasteiger partial charge in [-0.1, -0.05) is 140 Å². The fourth-order valence-corrected chi connectivity index (χ4v) is 7.45. The Bertz CT molecular complexity index is 3190. The minimum absolute atomic E-state index is 0.525. The lowest BCUT2D eigenvalue weighted by Crippen LogP contribution is -2.02. The summed E-state index contributed by atoms with van der Waals surface area (Å²) in [5, 5.41) is 3.07. The molecule has 4 aromatic heterocycles. The molecular formula is C49H29N5O2. The van der Waals surface area contributed by atoms with Crippen LogP contribution >= 0.6 is 0 Å². The zero-order valence-electron chi connectivity index (χ0n) is 29.8. The molecule has 0 saturated carbocycles. The van der Waals surface area contributed by atoms with Crippen LogP contribution in [0.2, 0.25) is 0 Å². The Morgan fingerprint density at radius 1 is 0.304 bits per heavy atom. The van der Waals surface area contributed by atoms with Gasteiger partial charge in [0.2, 0.25) is 0 Å². The Hall–Kier alpha value is -7.77. The molecule has 11 rings (SSSR count). The van der Waals surface area contributed by atoms with Gasteiger partial charge in [0.25, 0.3) is 0 Å². The molecule has 0 fully saturated rings. The molecule has 0 aliphatic heterocycles. The molecule has 0 atom stereocenters. The van der Waals surface area contributed by atoms with Gasteiger partial charge in [0, 0.05) is 44.0 Å². The zero-order valence-corrected chi connectivity index (χ0v) is 29.8. The lowest BCUT2D eigenvalue weighted by molar-refractivity contribution is 0.667. The molecule has 4 heterocycles. The molecular weight excluding hydrogens is 691 g/mol. The highest BCUT2D eigenvalue weighted by atomic mass is 16.3. The van der Waals surface area contributed by atoms with Gasteiger partial charge in [-0.05, 0) is 47.5 Å². The number of furan rings is 2. The van der Waals surface area contributed by atoms with E-state index in [1.54, 1.807) is 0 Å². The van der Waals surface area contributed by atoms with Gasteiger partial charge in [-0.2, -0.15) is 0 Å². The second-order valence-electron chi connectivity index (χ2n) is 13.6. The van der Waals surface area contributed by atoms with Crippen LogP contribution in [0, 0.1) is 0 Å². The van der Waals surface area contributed by atoms with Crippen LogP contribution in [0.1, 0.15) is 0 Å². The Labute approximate surface area is 320 Å². The van der Waals surface area contributed by atoms with Crippen LogP contribution in [-0.4, -0.2) is 24.9 Å². The van der Waals surface area contributed by atoms with Gasteiger partial charge in [-0.15, -0.1) is 0 Å². The van der Waals surface area contributed by atoms with Crippen LogP contribution in [0.25, 0.3) is 112 Å². The first-order valence-electron chi connectivity index (χ1n) is 18.4. The van der Waals surface area contributed by atoms with Crippen LogP contribution in [0.3, 0.4) is 0 Å². The highest BCUT2D eigenvalue weighted by Gasteiger charge is 2.21. The number of hydrogen-bond acceptors (Lipinski definition) is 7. The maximum absolute atomic E-state index is 6.41. The van der Waals surface area contributed by atoms with Crippen LogP contribution < -0.4 is 0 Å². The summed E-state index contributed by atoms with van der Waals surface area (Å²) in [4.78, 5) is 25.7. The molecule has 0 N–H and O–H groups in total. The predicted molar refractivity (Wildman–Crippen MR) is 223 cm³/mol. The topological polar surface area (TPSA) is 90.7 Å². The van der Waals surface area contributed by atoms with E-state index >= 15 is 0 Å². The van der Waals surface area contributed by atoms with Gasteiger partial charge in [0.05, 0.1) is 0 Å². The molecule has 7 heteroatoms. The van der Waals surface area contributed by atoms with Crippen molar-refractivity contribution in [1.29, 1.82) is 0 Å². The molecule has 11 aromatic rings. The molecule has 0 bridgehead atoms. The summed E-state index contributed by atoms with van der Waals surface area (Å²) in [5.74, 6) is 2.24. The molecule has 0 amide bonds. The molecule has 0 aliphatic carbocycles. The van der Waals surface area contributed by atoms with Crippen molar-refractivity contribution in [3.63, 3.8) is 0 Å². The quantitative estimate of drug-likeness (QED) is 0.169. The SMILES string of the molecule is c1ccc(-c2nc(-c3ccccc3)nc(-c3cc(-c4nc(-c5ccccc5)c5oc6ccccc6c5n4)ccc3-c3ccc4c(c3)oc3ccccc34)n2)cc1. The lowest BCUT2D eigenvalue weighted by atomic mass is 9.95. The second-order valence-corrected chi connectivity index (χ2v) is 13.6. The maximum atomic E-state index is 6.41. The third-order valence-corrected chi connectivity index (χ3v) is 10.2. The van der Waals surface area contributed by atoms with Gasteiger partial charge < -0.3 is 8.83 Å². The average Bonchev–Trinajstić information content (AvgIpc) is 3.85. The summed E-state index contributed by atoms with van der Waals surface area (Å²) < 4.78 is 12.8. The third-order valence-electron chi connectivity index (χ3n) is 10.2. The van der Waals surface area contributed by atoms with Crippen molar-refractivity contribution < 1.29 is 8.83 Å². The van der Waals surface area contributed by atoms with Crippen molar-refractivity contribution >= 4 is 44.0 Å². The van der Waals surface area contributed by atoms with Gasteiger partial charge >= 0.3 is 0 Å². The smallest absolute Gasteiger partial charge is 0.180 e. The minimum Gasteiger partial charge on any atom is -0.456 e. The maximum Gasteiger partial charge on any atom is 0.180 e. The van der Waals surface area contributed by atoms with E-state index in [9.17, 15) is 0 Å². The first-order chi connectivity index (χ1) is 27.7. The average molecular weight is 720 g/mol. The van der Waals surface area contributed by atoms with Gasteiger partial charge in [0.15, 0.2) is 28.9 Å². The van der Waals surface area contributed by atoms with Gasteiger partial charge in [0.1, 0.15) is 28.0 Å². The normalized spacial score (nSPS) is 11.6. The van der Waals surface area contributed by atoms with E-state index in [1.807, 2.05) is 133 Å². The fourth-order valence-electron chi connectivity index (χ4n) is 7.45. The molecule has 0 radical (unpaired) electrons. The number of hydrogen-bond donors (Lipinski definition) is 0. The van der Waals surface area contributed by atoms with Gasteiger partial charge in [-0.25, -0.2) is 24.9 Å². The summed E-state index contributed by atoms with van der Waals surface area (Å²) in [6.45, 7) is 0.